The number of rotatable bonds is 5. The number of hydrogen-bond donors (Lipinski definition) is 1. The Morgan fingerprint density at radius 1 is 1.38 bits per heavy atom. The van der Waals surface area contributed by atoms with Gasteiger partial charge in [-0.15, -0.1) is 0 Å². The third-order valence-electron chi connectivity index (χ3n) is 3.87. The maximum Gasteiger partial charge on any atom is 0.142 e. The first kappa shape index (κ1) is 16.4. The Bertz CT molecular complexity index is 490. The van der Waals surface area contributed by atoms with Crippen LogP contribution in [0.2, 0.25) is 0 Å². The van der Waals surface area contributed by atoms with E-state index in [0.29, 0.717) is 6.04 Å². The molecule has 1 aliphatic heterocycles. The van der Waals surface area contributed by atoms with Gasteiger partial charge in [0.1, 0.15) is 5.75 Å². The third-order valence-corrected chi connectivity index (χ3v) is 4.36. The number of likely N-dealkylation sites (tertiary alicyclic amines) is 1. The van der Waals surface area contributed by atoms with E-state index in [9.17, 15) is 0 Å². The Labute approximate surface area is 136 Å². The average Bonchev–Trinajstić information content (AvgIpc) is 2.47. The number of piperidine rings is 1. The molecule has 0 unspecified atom stereocenters. The number of ether oxygens (including phenoxy) is 1. The van der Waals surface area contributed by atoms with Crippen LogP contribution in [0.1, 0.15) is 26.7 Å². The van der Waals surface area contributed by atoms with E-state index in [1.165, 1.54) is 18.4 Å². The number of halogens is 1. The fourth-order valence-corrected chi connectivity index (χ4v) is 2.95. The van der Waals surface area contributed by atoms with Crippen molar-refractivity contribution in [1.82, 2.24) is 4.90 Å². The molecule has 1 N–H and O–H groups in total. The molecule has 0 aromatic heterocycles. The van der Waals surface area contributed by atoms with E-state index >= 15 is 0 Å². The van der Waals surface area contributed by atoms with Crippen LogP contribution in [-0.4, -0.2) is 37.7 Å². The van der Waals surface area contributed by atoms with Crippen LogP contribution < -0.4 is 10.1 Å². The fourth-order valence-electron chi connectivity index (χ4n) is 2.58. The molecule has 0 atom stereocenters. The first-order chi connectivity index (χ1) is 10.1. The van der Waals surface area contributed by atoms with Crippen molar-refractivity contribution < 1.29 is 4.74 Å². The van der Waals surface area contributed by atoms with Crippen molar-refractivity contribution in [3.63, 3.8) is 0 Å². The smallest absolute Gasteiger partial charge is 0.142 e. The summed E-state index contributed by atoms with van der Waals surface area (Å²) < 4.78 is 6.50. The van der Waals surface area contributed by atoms with Crippen molar-refractivity contribution in [2.45, 2.75) is 32.7 Å². The topological polar surface area (TPSA) is 24.5 Å². The van der Waals surface area contributed by atoms with Crippen molar-refractivity contribution >= 4 is 21.6 Å². The van der Waals surface area contributed by atoms with Crippen LogP contribution in [0.4, 0.5) is 5.69 Å². The van der Waals surface area contributed by atoms with Gasteiger partial charge in [-0.05, 0) is 44.9 Å². The van der Waals surface area contributed by atoms with Gasteiger partial charge in [-0.2, -0.15) is 0 Å². The molecule has 1 fully saturated rings. The summed E-state index contributed by atoms with van der Waals surface area (Å²) in [5, 5.41) is 3.63. The highest BCUT2D eigenvalue weighted by atomic mass is 79.9. The highest BCUT2D eigenvalue weighted by Crippen LogP contribution is 2.29. The van der Waals surface area contributed by atoms with Gasteiger partial charge < -0.3 is 10.1 Å². The molecule has 1 aromatic carbocycles. The maximum absolute atomic E-state index is 5.43. The standard InChI is InChI=1S/C17H25BrN2O/c1-13(2)6-9-20-10-7-15(8-11-20)19-16-12-14(18)4-5-17(16)21-3/h4-6,12,15,19H,7-11H2,1-3H3. The van der Waals surface area contributed by atoms with Crippen LogP contribution in [0.5, 0.6) is 5.75 Å². The Kier molecular flexibility index (Phi) is 6.12. The van der Waals surface area contributed by atoms with Gasteiger partial charge in [-0.25, -0.2) is 0 Å². The molecule has 0 bridgehead atoms. The van der Waals surface area contributed by atoms with Crippen molar-refractivity contribution in [1.29, 1.82) is 0 Å². The summed E-state index contributed by atoms with van der Waals surface area (Å²) in [5.74, 6) is 0.908. The Hall–Kier alpha value is -1.00. The zero-order valence-corrected chi connectivity index (χ0v) is 14.7. The van der Waals surface area contributed by atoms with Crippen molar-refractivity contribution in [2.75, 3.05) is 32.1 Å². The zero-order valence-electron chi connectivity index (χ0n) is 13.2. The summed E-state index contributed by atoms with van der Waals surface area (Å²) in [5.41, 5.74) is 2.48. The van der Waals surface area contributed by atoms with Crippen molar-refractivity contribution in [3.8, 4) is 5.75 Å². The van der Waals surface area contributed by atoms with Gasteiger partial charge >= 0.3 is 0 Å². The minimum atomic E-state index is 0.524. The Morgan fingerprint density at radius 3 is 2.71 bits per heavy atom. The van der Waals surface area contributed by atoms with E-state index in [2.05, 4.69) is 52.1 Å². The summed E-state index contributed by atoms with van der Waals surface area (Å²) >= 11 is 3.52. The second kappa shape index (κ2) is 7.85. The number of benzene rings is 1. The second-order valence-corrected chi connectivity index (χ2v) is 6.76. The predicted octanol–water partition coefficient (Wildman–Crippen LogP) is 4.30. The summed E-state index contributed by atoms with van der Waals surface area (Å²) in [6, 6.07) is 6.62. The molecular weight excluding hydrogens is 328 g/mol. The van der Waals surface area contributed by atoms with Gasteiger partial charge in [-0.1, -0.05) is 27.6 Å². The van der Waals surface area contributed by atoms with Crippen LogP contribution in [0.25, 0.3) is 0 Å². The minimum Gasteiger partial charge on any atom is -0.495 e. The molecule has 1 aliphatic rings. The lowest BCUT2D eigenvalue weighted by atomic mass is 10.0. The van der Waals surface area contributed by atoms with Gasteiger partial charge in [0.15, 0.2) is 0 Å². The molecule has 0 saturated carbocycles. The number of nitrogens with one attached hydrogen (secondary N) is 1. The third kappa shape index (κ3) is 5.04. The number of nitrogens with zero attached hydrogens (tertiary/aromatic N) is 1. The predicted molar refractivity (Wildman–Crippen MR) is 93.2 cm³/mol. The SMILES string of the molecule is COc1ccc(Br)cc1NC1CCN(CC=C(C)C)CC1. The summed E-state index contributed by atoms with van der Waals surface area (Å²) in [6.45, 7) is 7.70. The lowest BCUT2D eigenvalue weighted by molar-refractivity contribution is 0.239. The Balaban J connectivity index is 1.89. The van der Waals surface area contributed by atoms with Crippen LogP contribution in [0, 0.1) is 0 Å². The number of allylic oxidation sites excluding steroid dienone is 1. The highest BCUT2D eigenvalue weighted by Gasteiger charge is 2.19. The van der Waals surface area contributed by atoms with Crippen molar-refractivity contribution in [3.05, 3.63) is 34.3 Å². The second-order valence-electron chi connectivity index (χ2n) is 5.85. The number of anilines is 1. The lowest BCUT2D eigenvalue weighted by Gasteiger charge is -2.32. The van der Waals surface area contributed by atoms with E-state index in [1.807, 2.05) is 12.1 Å². The van der Waals surface area contributed by atoms with E-state index in [-0.39, 0.29) is 0 Å². The van der Waals surface area contributed by atoms with Gasteiger partial charge in [-0.3, -0.25) is 4.90 Å². The van der Waals surface area contributed by atoms with E-state index in [0.717, 1.165) is 35.5 Å². The molecule has 0 spiro atoms. The monoisotopic (exact) mass is 352 g/mol. The highest BCUT2D eigenvalue weighted by molar-refractivity contribution is 9.10. The number of hydrogen-bond acceptors (Lipinski definition) is 3. The molecule has 1 aromatic rings. The maximum atomic E-state index is 5.43. The first-order valence-corrected chi connectivity index (χ1v) is 8.33. The quantitative estimate of drug-likeness (QED) is 0.799. The molecule has 1 saturated heterocycles. The molecule has 4 heteroatoms. The van der Waals surface area contributed by atoms with Gasteiger partial charge in [0.05, 0.1) is 12.8 Å². The van der Waals surface area contributed by atoms with Gasteiger partial charge in [0.25, 0.3) is 0 Å². The normalized spacial score (nSPS) is 16.6. The molecule has 2 rings (SSSR count). The fraction of sp³-hybridized carbons (Fsp3) is 0.529. The van der Waals surface area contributed by atoms with Crippen molar-refractivity contribution in [2.24, 2.45) is 0 Å². The molecule has 3 nitrogen and oxygen atoms in total. The van der Waals surface area contributed by atoms with E-state index in [1.54, 1.807) is 7.11 Å². The first-order valence-electron chi connectivity index (χ1n) is 7.54. The molecule has 0 amide bonds. The summed E-state index contributed by atoms with van der Waals surface area (Å²) in [6.07, 6.45) is 4.66. The molecule has 116 valence electrons. The van der Waals surface area contributed by atoms with Gasteiger partial charge in [0.2, 0.25) is 0 Å². The Morgan fingerprint density at radius 2 is 2.10 bits per heavy atom. The van der Waals surface area contributed by atoms with Crippen LogP contribution in [0.15, 0.2) is 34.3 Å². The number of methoxy groups -OCH3 is 1. The van der Waals surface area contributed by atoms with Crippen LogP contribution >= 0.6 is 15.9 Å². The molecule has 0 radical (unpaired) electrons. The summed E-state index contributed by atoms with van der Waals surface area (Å²) in [4.78, 5) is 2.52. The molecule has 0 aliphatic carbocycles. The lowest BCUT2D eigenvalue weighted by Crippen LogP contribution is -2.39. The van der Waals surface area contributed by atoms with Crippen LogP contribution in [-0.2, 0) is 0 Å². The van der Waals surface area contributed by atoms with Gasteiger partial charge in [0, 0.05) is 30.1 Å². The summed E-state index contributed by atoms with van der Waals surface area (Å²) in [7, 11) is 1.72. The average molecular weight is 353 g/mol. The minimum absolute atomic E-state index is 0.524. The van der Waals surface area contributed by atoms with E-state index < -0.39 is 0 Å². The largest absolute Gasteiger partial charge is 0.495 e. The van der Waals surface area contributed by atoms with Crippen LogP contribution in [0.3, 0.4) is 0 Å². The molecule has 21 heavy (non-hydrogen) atoms. The zero-order chi connectivity index (χ0) is 15.2. The molecular formula is C17H25BrN2O. The molecule has 1 heterocycles. The van der Waals surface area contributed by atoms with E-state index in [4.69, 9.17) is 4.74 Å².